The number of aliphatic hydroxyl groups is 2. The first-order valence-corrected chi connectivity index (χ1v) is 9.94. The predicted molar refractivity (Wildman–Crippen MR) is 94.8 cm³/mol. The first-order chi connectivity index (χ1) is 11.6. The maximum absolute atomic E-state index is 12.0. The van der Waals surface area contributed by atoms with E-state index in [0.29, 0.717) is 0 Å². The van der Waals surface area contributed by atoms with Gasteiger partial charge in [0.05, 0.1) is 24.2 Å². The molecule has 1 unspecified atom stereocenters. The Morgan fingerprint density at radius 3 is 2.48 bits per heavy atom. The van der Waals surface area contributed by atoms with Gasteiger partial charge in [0.25, 0.3) is 0 Å². The molecule has 25 heavy (non-hydrogen) atoms. The van der Waals surface area contributed by atoms with Gasteiger partial charge >= 0.3 is 6.09 Å². The zero-order valence-electron chi connectivity index (χ0n) is 14.6. The first kappa shape index (κ1) is 21.4. The molecule has 1 rings (SSSR count). The van der Waals surface area contributed by atoms with Gasteiger partial charge in [-0.05, 0) is 32.3 Å². The normalized spacial score (nSPS) is 13.3. The lowest BCUT2D eigenvalue weighted by Gasteiger charge is -2.25. The number of carbonyl (C=O) groups excluding carboxylic acids is 1. The Kier molecular flexibility index (Phi) is 8.34. The molecule has 3 N–H and O–H groups in total. The summed E-state index contributed by atoms with van der Waals surface area (Å²) < 4.78 is 29.0. The monoisotopic (exact) mass is 373 g/mol. The summed E-state index contributed by atoms with van der Waals surface area (Å²) in [5.74, 6) is -0.333. The quantitative estimate of drug-likeness (QED) is 0.569. The summed E-state index contributed by atoms with van der Waals surface area (Å²) in [6.45, 7) is 3.11. The van der Waals surface area contributed by atoms with E-state index in [1.807, 2.05) is 30.3 Å². The molecule has 0 bridgehead atoms. The molecule has 1 amide bonds. The standard InChI is InChI=1S/C17H27NO6S/c1-17(2,9-11-25(22,23)10-8-15(20)12-19)18-16(21)24-13-14-6-4-3-5-7-14/h3-7,15,19-20H,8-13H2,1-2H3,(H,18,21). The summed E-state index contributed by atoms with van der Waals surface area (Å²) in [5, 5.41) is 20.6. The molecule has 8 heteroatoms. The fourth-order valence-electron chi connectivity index (χ4n) is 2.02. The number of carbonyl (C=O) groups is 1. The van der Waals surface area contributed by atoms with E-state index in [0.717, 1.165) is 5.56 Å². The molecule has 0 saturated heterocycles. The number of hydrogen-bond acceptors (Lipinski definition) is 6. The van der Waals surface area contributed by atoms with Gasteiger partial charge in [-0.15, -0.1) is 0 Å². The van der Waals surface area contributed by atoms with Crippen molar-refractivity contribution in [3.05, 3.63) is 35.9 Å². The Morgan fingerprint density at radius 2 is 1.88 bits per heavy atom. The third-order valence-electron chi connectivity index (χ3n) is 3.66. The highest BCUT2D eigenvalue weighted by Gasteiger charge is 2.24. The maximum Gasteiger partial charge on any atom is 0.407 e. The van der Waals surface area contributed by atoms with E-state index in [4.69, 9.17) is 9.84 Å². The lowest BCUT2D eigenvalue weighted by atomic mass is 10.0. The average molecular weight is 373 g/mol. The molecule has 0 saturated carbocycles. The molecule has 0 spiro atoms. The van der Waals surface area contributed by atoms with Crippen molar-refractivity contribution in [3.8, 4) is 0 Å². The van der Waals surface area contributed by atoms with Crippen molar-refractivity contribution in [3.63, 3.8) is 0 Å². The van der Waals surface area contributed by atoms with Crippen molar-refractivity contribution in [2.75, 3.05) is 18.1 Å². The topological polar surface area (TPSA) is 113 Å². The maximum atomic E-state index is 12.0. The first-order valence-electron chi connectivity index (χ1n) is 8.12. The number of sulfone groups is 1. The molecule has 0 fully saturated rings. The zero-order chi connectivity index (χ0) is 18.9. The zero-order valence-corrected chi connectivity index (χ0v) is 15.5. The van der Waals surface area contributed by atoms with Crippen LogP contribution in [0.25, 0.3) is 0 Å². The van der Waals surface area contributed by atoms with Gasteiger partial charge < -0.3 is 20.3 Å². The third kappa shape index (κ3) is 9.42. The Morgan fingerprint density at radius 1 is 1.24 bits per heavy atom. The smallest absolute Gasteiger partial charge is 0.407 e. The molecule has 7 nitrogen and oxygen atoms in total. The lowest BCUT2D eigenvalue weighted by molar-refractivity contribution is 0.0928. The Hall–Kier alpha value is -1.64. The SMILES string of the molecule is CC(C)(CCS(=O)(=O)CCC(O)CO)NC(=O)OCc1ccccc1. The minimum Gasteiger partial charge on any atom is -0.445 e. The van der Waals surface area contributed by atoms with Crippen LogP contribution in [0.2, 0.25) is 0 Å². The van der Waals surface area contributed by atoms with Crippen LogP contribution < -0.4 is 5.32 Å². The van der Waals surface area contributed by atoms with Crippen molar-refractivity contribution in [2.45, 2.75) is 44.9 Å². The van der Waals surface area contributed by atoms with Crippen LogP contribution in [-0.2, 0) is 21.2 Å². The molecule has 1 atom stereocenters. The molecular formula is C17H27NO6S. The second-order valence-corrected chi connectivity index (χ2v) is 8.90. The molecular weight excluding hydrogens is 346 g/mol. The van der Waals surface area contributed by atoms with Gasteiger partial charge in [-0.1, -0.05) is 30.3 Å². The van der Waals surface area contributed by atoms with Crippen LogP contribution in [0.4, 0.5) is 4.79 Å². The van der Waals surface area contributed by atoms with Crippen LogP contribution in [0, 0.1) is 0 Å². The van der Waals surface area contributed by atoms with Crippen LogP contribution >= 0.6 is 0 Å². The van der Waals surface area contributed by atoms with Gasteiger partial charge in [0.2, 0.25) is 0 Å². The van der Waals surface area contributed by atoms with E-state index in [1.165, 1.54) is 0 Å². The second kappa shape index (κ2) is 9.74. The number of rotatable bonds is 10. The van der Waals surface area contributed by atoms with Gasteiger partial charge in [-0.3, -0.25) is 0 Å². The number of amides is 1. The van der Waals surface area contributed by atoms with Crippen molar-refractivity contribution in [2.24, 2.45) is 0 Å². The summed E-state index contributed by atoms with van der Waals surface area (Å²) >= 11 is 0. The second-order valence-electron chi connectivity index (χ2n) is 6.60. The van der Waals surface area contributed by atoms with Crippen LogP contribution in [0.15, 0.2) is 30.3 Å². The van der Waals surface area contributed by atoms with Gasteiger partial charge in [0.15, 0.2) is 9.84 Å². The van der Waals surface area contributed by atoms with Gasteiger partial charge in [0, 0.05) is 5.54 Å². The van der Waals surface area contributed by atoms with Gasteiger partial charge in [0.1, 0.15) is 6.61 Å². The third-order valence-corrected chi connectivity index (χ3v) is 5.35. The average Bonchev–Trinajstić information content (AvgIpc) is 2.57. The highest BCUT2D eigenvalue weighted by Crippen LogP contribution is 2.12. The van der Waals surface area contributed by atoms with Crippen LogP contribution in [-0.4, -0.2) is 54.5 Å². The fourth-order valence-corrected chi connectivity index (χ4v) is 3.67. The number of ether oxygens (including phenoxy) is 1. The van der Waals surface area contributed by atoms with Crippen molar-refractivity contribution in [1.29, 1.82) is 0 Å². The molecule has 0 radical (unpaired) electrons. The summed E-state index contributed by atoms with van der Waals surface area (Å²) in [5.41, 5.74) is 0.108. The van der Waals surface area contributed by atoms with Gasteiger partial charge in [-0.2, -0.15) is 0 Å². The predicted octanol–water partition coefficient (Wildman–Crippen LogP) is 1.24. The minimum atomic E-state index is -3.37. The van der Waals surface area contributed by atoms with Crippen molar-refractivity contribution >= 4 is 15.9 Å². The fraction of sp³-hybridized carbons (Fsp3) is 0.588. The van der Waals surface area contributed by atoms with Crippen LogP contribution in [0.5, 0.6) is 0 Å². The molecule has 0 aliphatic carbocycles. The van der Waals surface area contributed by atoms with E-state index in [9.17, 15) is 18.3 Å². The summed E-state index contributed by atoms with van der Waals surface area (Å²) in [6.07, 6.45) is -1.44. The minimum absolute atomic E-state index is 0.00813. The van der Waals surface area contributed by atoms with Gasteiger partial charge in [-0.25, -0.2) is 13.2 Å². The summed E-state index contributed by atoms with van der Waals surface area (Å²) in [6, 6.07) is 9.24. The molecule has 142 valence electrons. The number of nitrogens with one attached hydrogen (secondary N) is 1. The lowest BCUT2D eigenvalue weighted by Crippen LogP contribution is -2.45. The highest BCUT2D eigenvalue weighted by molar-refractivity contribution is 7.91. The van der Waals surface area contributed by atoms with E-state index in [1.54, 1.807) is 13.8 Å². The largest absolute Gasteiger partial charge is 0.445 e. The highest BCUT2D eigenvalue weighted by atomic mass is 32.2. The van der Waals surface area contributed by atoms with Crippen molar-refractivity contribution < 1.29 is 28.2 Å². The van der Waals surface area contributed by atoms with E-state index < -0.39 is 34.2 Å². The number of hydrogen-bond donors (Lipinski definition) is 3. The molecule has 0 aromatic heterocycles. The molecule has 1 aromatic rings. The van der Waals surface area contributed by atoms with Crippen LogP contribution in [0.3, 0.4) is 0 Å². The number of aliphatic hydroxyl groups excluding tert-OH is 2. The van der Waals surface area contributed by atoms with Crippen LogP contribution in [0.1, 0.15) is 32.3 Å². The molecule has 0 aliphatic heterocycles. The molecule has 0 heterocycles. The summed E-state index contributed by atoms with van der Waals surface area (Å²) in [4.78, 5) is 11.9. The number of benzene rings is 1. The van der Waals surface area contributed by atoms with E-state index in [2.05, 4.69) is 5.32 Å². The van der Waals surface area contributed by atoms with Crippen molar-refractivity contribution in [1.82, 2.24) is 5.32 Å². The molecule has 1 aromatic carbocycles. The summed E-state index contributed by atoms with van der Waals surface area (Å²) in [7, 11) is -3.37. The number of alkyl carbamates (subject to hydrolysis) is 1. The van der Waals surface area contributed by atoms with E-state index in [-0.39, 0.29) is 31.0 Å². The van der Waals surface area contributed by atoms with E-state index >= 15 is 0 Å². The Bertz CT molecular complexity index is 630. The molecule has 0 aliphatic rings. The Labute approximate surface area is 148 Å². The Balaban J connectivity index is 2.40.